The predicted octanol–water partition coefficient (Wildman–Crippen LogP) is 2.67. The quantitative estimate of drug-likeness (QED) is 0.924. The summed E-state index contributed by atoms with van der Waals surface area (Å²) in [4.78, 5) is 14.3. The Morgan fingerprint density at radius 1 is 1.42 bits per heavy atom. The van der Waals surface area contributed by atoms with E-state index in [9.17, 15) is 4.79 Å². The highest BCUT2D eigenvalue weighted by Crippen LogP contribution is 2.18. The van der Waals surface area contributed by atoms with Gasteiger partial charge in [0.25, 0.3) is 5.91 Å². The van der Waals surface area contributed by atoms with Crippen molar-refractivity contribution in [2.24, 2.45) is 0 Å². The molecule has 1 aliphatic heterocycles. The summed E-state index contributed by atoms with van der Waals surface area (Å²) in [5.74, 6) is 0.586. The fourth-order valence-electron chi connectivity index (χ4n) is 2.37. The van der Waals surface area contributed by atoms with Gasteiger partial charge in [0.2, 0.25) is 0 Å². The number of hydrogen-bond donors (Lipinski definition) is 1. The standard InChI is InChI=1S/C15H22N2O.ClH/c1-11(2)12-5-4-6-13(9-12)15(18)17(3)14-7-8-16-10-14;/h4-6,9,11,14,16H,7-8,10H2,1-3H3;1H/t14-;/m1./s1. The monoisotopic (exact) mass is 282 g/mol. The van der Waals surface area contributed by atoms with Gasteiger partial charge in [0.15, 0.2) is 0 Å². The summed E-state index contributed by atoms with van der Waals surface area (Å²) in [6.07, 6.45) is 1.05. The normalized spacial score (nSPS) is 18.2. The molecule has 106 valence electrons. The molecule has 3 nitrogen and oxygen atoms in total. The van der Waals surface area contributed by atoms with Crippen LogP contribution >= 0.6 is 12.4 Å². The molecule has 1 fully saturated rings. The zero-order valence-corrected chi connectivity index (χ0v) is 12.7. The second-order valence-electron chi connectivity index (χ2n) is 5.34. The minimum absolute atomic E-state index is 0. The highest BCUT2D eigenvalue weighted by atomic mass is 35.5. The van der Waals surface area contributed by atoms with E-state index in [-0.39, 0.29) is 18.3 Å². The number of rotatable bonds is 3. The largest absolute Gasteiger partial charge is 0.337 e. The van der Waals surface area contributed by atoms with Crippen LogP contribution in [0.25, 0.3) is 0 Å². The maximum Gasteiger partial charge on any atom is 0.253 e. The number of carbonyl (C=O) groups is 1. The third kappa shape index (κ3) is 3.71. The van der Waals surface area contributed by atoms with E-state index in [0.29, 0.717) is 12.0 Å². The Bertz CT molecular complexity index is 428. The third-order valence-corrected chi connectivity index (χ3v) is 3.70. The van der Waals surface area contributed by atoms with Crippen LogP contribution in [0.4, 0.5) is 0 Å². The average molecular weight is 283 g/mol. The van der Waals surface area contributed by atoms with Gasteiger partial charge in [-0.1, -0.05) is 26.0 Å². The average Bonchev–Trinajstić information content (AvgIpc) is 2.91. The molecule has 0 radical (unpaired) electrons. The Hall–Kier alpha value is -1.06. The summed E-state index contributed by atoms with van der Waals surface area (Å²) in [7, 11) is 1.90. The summed E-state index contributed by atoms with van der Waals surface area (Å²) >= 11 is 0. The fourth-order valence-corrected chi connectivity index (χ4v) is 2.37. The molecule has 0 bridgehead atoms. The first kappa shape index (κ1) is 16.0. The molecule has 0 aromatic heterocycles. The molecule has 1 heterocycles. The number of nitrogens with one attached hydrogen (secondary N) is 1. The van der Waals surface area contributed by atoms with Crippen LogP contribution < -0.4 is 5.32 Å². The number of carbonyl (C=O) groups excluding carboxylic acids is 1. The van der Waals surface area contributed by atoms with E-state index in [0.717, 1.165) is 25.1 Å². The van der Waals surface area contributed by atoms with Crippen molar-refractivity contribution in [3.05, 3.63) is 35.4 Å². The van der Waals surface area contributed by atoms with Gasteiger partial charge in [-0.05, 0) is 36.6 Å². The number of nitrogens with zero attached hydrogens (tertiary/aromatic N) is 1. The summed E-state index contributed by atoms with van der Waals surface area (Å²) < 4.78 is 0. The summed E-state index contributed by atoms with van der Waals surface area (Å²) in [6.45, 7) is 6.21. The zero-order chi connectivity index (χ0) is 13.1. The van der Waals surface area contributed by atoms with Crippen LogP contribution in [0.1, 0.15) is 42.1 Å². The maximum atomic E-state index is 12.4. The van der Waals surface area contributed by atoms with Gasteiger partial charge in [0, 0.05) is 25.2 Å². The SMILES string of the molecule is CC(C)c1cccc(C(=O)N(C)[C@@H]2CCNC2)c1.Cl. The van der Waals surface area contributed by atoms with E-state index in [1.165, 1.54) is 5.56 Å². The Kier molecular flexibility index (Phi) is 5.83. The topological polar surface area (TPSA) is 32.3 Å². The molecule has 1 amide bonds. The minimum Gasteiger partial charge on any atom is -0.337 e. The molecule has 2 rings (SSSR count). The number of halogens is 1. The van der Waals surface area contributed by atoms with Crippen molar-refractivity contribution in [3.8, 4) is 0 Å². The van der Waals surface area contributed by atoms with Crippen LogP contribution in [0, 0.1) is 0 Å². The van der Waals surface area contributed by atoms with Gasteiger partial charge in [-0.3, -0.25) is 4.79 Å². The van der Waals surface area contributed by atoms with Gasteiger partial charge in [0.05, 0.1) is 0 Å². The van der Waals surface area contributed by atoms with Crippen molar-refractivity contribution in [3.63, 3.8) is 0 Å². The van der Waals surface area contributed by atoms with Crippen molar-refractivity contribution in [1.82, 2.24) is 10.2 Å². The number of likely N-dealkylation sites (N-methyl/N-ethyl adjacent to an activating group) is 1. The molecule has 1 aromatic carbocycles. The van der Waals surface area contributed by atoms with E-state index < -0.39 is 0 Å². The number of hydrogen-bond acceptors (Lipinski definition) is 2. The zero-order valence-electron chi connectivity index (χ0n) is 11.8. The first-order chi connectivity index (χ1) is 8.59. The lowest BCUT2D eigenvalue weighted by Gasteiger charge is -2.24. The van der Waals surface area contributed by atoms with Crippen molar-refractivity contribution in [1.29, 1.82) is 0 Å². The van der Waals surface area contributed by atoms with Crippen molar-refractivity contribution >= 4 is 18.3 Å². The Balaban J connectivity index is 0.00000180. The van der Waals surface area contributed by atoms with Gasteiger partial charge < -0.3 is 10.2 Å². The van der Waals surface area contributed by atoms with E-state index in [1.54, 1.807) is 0 Å². The van der Waals surface area contributed by atoms with Crippen molar-refractivity contribution in [2.75, 3.05) is 20.1 Å². The highest BCUT2D eigenvalue weighted by molar-refractivity contribution is 5.94. The van der Waals surface area contributed by atoms with Crippen molar-refractivity contribution in [2.45, 2.75) is 32.2 Å². The lowest BCUT2D eigenvalue weighted by Crippen LogP contribution is -2.38. The molecule has 1 aromatic rings. The smallest absolute Gasteiger partial charge is 0.253 e. The van der Waals surface area contributed by atoms with Crippen molar-refractivity contribution < 1.29 is 4.79 Å². The molecular weight excluding hydrogens is 260 g/mol. The second kappa shape index (κ2) is 6.92. The van der Waals surface area contributed by atoms with E-state index in [1.807, 2.05) is 30.1 Å². The Morgan fingerprint density at radius 2 is 2.16 bits per heavy atom. The molecule has 19 heavy (non-hydrogen) atoms. The van der Waals surface area contributed by atoms with Crippen LogP contribution in [0.2, 0.25) is 0 Å². The fraction of sp³-hybridized carbons (Fsp3) is 0.533. The van der Waals surface area contributed by atoms with Crippen LogP contribution in [-0.2, 0) is 0 Å². The van der Waals surface area contributed by atoms with E-state index in [2.05, 4.69) is 25.2 Å². The summed E-state index contributed by atoms with van der Waals surface area (Å²) in [6, 6.07) is 8.32. The second-order valence-corrected chi connectivity index (χ2v) is 5.34. The summed E-state index contributed by atoms with van der Waals surface area (Å²) in [5, 5.41) is 3.30. The molecule has 1 atom stereocenters. The summed E-state index contributed by atoms with van der Waals surface area (Å²) in [5.41, 5.74) is 2.02. The maximum absolute atomic E-state index is 12.4. The van der Waals surface area contributed by atoms with Crippen LogP contribution in [0.3, 0.4) is 0 Å². The van der Waals surface area contributed by atoms with Crippen LogP contribution in [0.5, 0.6) is 0 Å². The minimum atomic E-state index is 0. The Labute approximate surface area is 121 Å². The number of benzene rings is 1. The molecule has 0 aliphatic carbocycles. The third-order valence-electron chi connectivity index (χ3n) is 3.70. The van der Waals surface area contributed by atoms with Gasteiger partial charge in [-0.15, -0.1) is 12.4 Å². The molecule has 0 spiro atoms. The molecule has 1 aliphatic rings. The first-order valence-corrected chi connectivity index (χ1v) is 6.67. The highest BCUT2D eigenvalue weighted by Gasteiger charge is 2.24. The molecular formula is C15H23ClN2O. The Morgan fingerprint density at radius 3 is 2.74 bits per heavy atom. The van der Waals surface area contributed by atoms with Gasteiger partial charge in [-0.2, -0.15) is 0 Å². The van der Waals surface area contributed by atoms with Gasteiger partial charge >= 0.3 is 0 Å². The lowest BCUT2D eigenvalue weighted by molar-refractivity contribution is 0.0743. The predicted molar refractivity (Wildman–Crippen MR) is 81.1 cm³/mol. The molecule has 0 saturated carbocycles. The van der Waals surface area contributed by atoms with E-state index >= 15 is 0 Å². The van der Waals surface area contributed by atoms with Crippen LogP contribution in [0.15, 0.2) is 24.3 Å². The molecule has 1 saturated heterocycles. The van der Waals surface area contributed by atoms with Gasteiger partial charge in [-0.25, -0.2) is 0 Å². The van der Waals surface area contributed by atoms with Crippen LogP contribution in [-0.4, -0.2) is 37.0 Å². The van der Waals surface area contributed by atoms with E-state index in [4.69, 9.17) is 0 Å². The number of amides is 1. The molecule has 4 heteroatoms. The van der Waals surface area contributed by atoms with Gasteiger partial charge in [0.1, 0.15) is 0 Å². The molecule has 0 unspecified atom stereocenters. The molecule has 1 N–H and O–H groups in total. The first-order valence-electron chi connectivity index (χ1n) is 6.67. The lowest BCUT2D eigenvalue weighted by atomic mass is 10.0.